The maximum absolute atomic E-state index is 13.7. The molecule has 0 bridgehead atoms. The van der Waals surface area contributed by atoms with Crippen molar-refractivity contribution in [1.29, 1.82) is 0 Å². The minimum Gasteiger partial charge on any atom is -0.324 e. The van der Waals surface area contributed by atoms with Crippen LogP contribution in [0, 0.1) is 11.6 Å². The van der Waals surface area contributed by atoms with Crippen molar-refractivity contribution < 1.29 is 8.78 Å². The minimum atomic E-state index is -0.847. The second kappa shape index (κ2) is 7.29. The minimum absolute atomic E-state index is 0.239. The first-order chi connectivity index (χ1) is 10.1. The molecule has 0 fully saturated rings. The van der Waals surface area contributed by atoms with Gasteiger partial charge in [-0.3, -0.25) is 0 Å². The monoisotopic (exact) mass is 290 g/mol. The molecule has 0 heterocycles. The lowest BCUT2D eigenvalue weighted by atomic mass is 10.0. The molecule has 0 aliphatic rings. The van der Waals surface area contributed by atoms with Crippen molar-refractivity contribution in [1.82, 2.24) is 4.90 Å². The van der Waals surface area contributed by atoms with E-state index in [4.69, 9.17) is 5.73 Å². The molecule has 0 saturated heterocycles. The molecule has 0 amide bonds. The highest BCUT2D eigenvalue weighted by molar-refractivity contribution is 5.22. The smallest absolute Gasteiger partial charge is 0.163 e. The number of nitrogens with two attached hydrogens (primary N) is 1. The molecule has 21 heavy (non-hydrogen) atoms. The number of hydrogen-bond donors (Lipinski definition) is 1. The Morgan fingerprint density at radius 3 is 2.48 bits per heavy atom. The zero-order valence-corrected chi connectivity index (χ0v) is 12.1. The van der Waals surface area contributed by atoms with Gasteiger partial charge in [0, 0.05) is 18.2 Å². The van der Waals surface area contributed by atoms with Crippen LogP contribution in [-0.2, 0) is 6.54 Å². The number of benzene rings is 2. The second-order valence-electron chi connectivity index (χ2n) is 5.26. The molecule has 2 N–H and O–H groups in total. The highest BCUT2D eigenvalue weighted by Crippen LogP contribution is 2.20. The van der Waals surface area contributed by atoms with Gasteiger partial charge in [0.1, 0.15) is 0 Å². The first kappa shape index (κ1) is 15.6. The summed E-state index contributed by atoms with van der Waals surface area (Å²) < 4.78 is 26.8. The normalized spacial score (nSPS) is 12.6. The van der Waals surface area contributed by atoms with E-state index in [9.17, 15) is 8.78 Å². The average Bonchev–Trinajstić information content (AvgIpc) is 2.48. The van der Waals surface area contributed by atoms with Crippen molar-refractivity contribution in [2.45, 2.75) is 19.0 Å². The molecule has 0 saturated carbocycles. The van der Waals surface area contributed by atoms with Crippen LogP contribution in [0.25, 0.3) is 0 Å². The Labute approximate surface area is 124 Å². The predicted molar refractivity (Wildman–Crippen MR) is 80.7 cm³/mol. The van der Waals surface area contributed by atoms with Gasteiger partial charge in [-0.05, 0) is 31.6 Å². The molecule has 112 valence electrons. The molecule has 2 aromatic rings. The summed E-state index contributed by atoms with van der Waals surface area (Å²) in [5.74, 6) is -1.68. The molecule has 1 atom stereocenters. The topological polar surface area (TPSA) is 29.3 Å². The molecular formula is C17H20F2N2. The lowest BCUT2D eigenvalue weighted by Crippen LogP contribution is -2.24. The number of halogens is 2. The van der Waals surface area contributed by atoms with Crippen molar-refractivity contribution in [2.24, 2.45) is 5.73 Å². The van der Waals surface area contributed by atoms with E-state index in [2.05, 4.69) is 17.0 Å². The Morgan fingerprint density at radius 2 is 1.76 bits per heavy atom. The number of hydrogen-bond acceptors (Lipinski definition) is 2. The second-order valence-corrected chi connectivity index (χ2v) is 5.26. The van der Waals surface area contributed by atoms with Crippen molar-refractivity contribution in [3.63, 3.8) is 0 Å². The van der Waals surface area contributed by atoms with Crippen molar-refractivity contribution in [3.8, 4) is 0 Å². The number of rotatable bonds is 6. The van der Waals surface area contributed by atoms with Gasteiger partial charge < -0.3 is 10.6 Å². The summed E-state index contributed by atoms with van der Waals surface area (Å²) >= 11 is 0. The summed E-state index contributed by atoms with van der Waals surface area (Å²) in [5, 5.41) is 0. The third kappa shape index (κ3) is 4.34. The maximum atomic E-state index is 13.7. The van der Waals surface area contributed by atoms with Crippen molar-refractivity contribution in [3.05, 3.63) is 71.3 Å². The summed E-state index contributed by atoms with van der Waals surface area (Å²) in [4.78, 5) is 2.12. The highest BCUT2D eigenvalue weighted by Gasteiger charge is 2.15. The predicted octanol–water partition coefficient (Wildman–Crippen LogP) is 3.49. The van der Waals surface area contributed by atoms with Crippen LogP contribution in [0.3, 0.4) is 0 Å². The Hall–Kier alpha value is -1.78. The van der Waals surface area contributed by atoms with Crippen molar-refractivity contribution >= 4 is 0 Å². The van der Waals surface area contributed by atoms with Crippen LogP contribution in [0.2, 0.25) is 0 Å². The summed E-state index contributed by atoms with van der Waals surface area (Å²) in [6.07, 6.45) is 0.573. The first-order valence-corrected chi connectivity index (χ1v) is 7.00. The van der Waals surface area contributed by atoms with E-state index < -0.39 is 17.7 Å². The van der Waals surface area contributed by atoms with Crippen LogP contribution in [0.1, 0.15) is 23.6 Å². The van der Waals surface area contributed by atoms with E-state index >= 15 is 0 Å². The zero-order valence-electron chi connectivity index (χ0n) is 12.1. The van der Waals surface area contributed by atoms with E-state index in [1.807, 2.05) is 25.2 Å². The van der Waals surface area contributed by atoms with E-state index in [0.29, 0.717) is 13.0 Å². The number of nitrogens with zero attached hydrogens (tertiary/aromatic N) is 1. The molecule has 0 aliphatic heterocycles. The van der Waals surface area contributed by atoms with Gasteiger partial charge in [-0.1, -0.05) is 42.5 Å². The largest absolute Gasteiger partial charge is 0.324 e. The summed E-state index contributed by atoms with van der Waals surface area (Å²) in [6.45, 7) is 1.52. The van der Waals surface area contributed by atoms with Gasteiger partial charge in [0.25, 0.3) is 0 Å². The Balaban J connectivity index is 1.89. The van der Waals surface area contributed by atoms with Crippen LogP contribution in [0.5, 0.6) is 0 Å². The van der Waals surface area contributed by atoms with Gasteiger partial charge in [0.05, 0.1) is 0 Å². The van der Waals surface area contributed by atoms with E-state index in [0.717, 1.165) is 12.6 Å². The third-order valence-corrected chi connectivity index (χ3v) is 3.50. The zero-order chi connectivity index (χ0) is 15.2. The molecule has 0 aliphatic carbocycles. The average molecular weight is 290 g/mol. The summed E-state index contributed by atoms with van der Waals surface area (Å²) in [5.41, 5.74) is 7.43. The highest BCUT2D eigenvalue weighted by atomic mass is 19.2. The quantitative estimate of drug-likeness (QED) is 0.882. The first-order valence-electron chi connectivity index (χ1n) is 7.00. The molecule has 2 nitrogen and oxygen atoms in total. The summed E-state index contributed by atoms with van der Waals surface area (Å²) in [6, 6.07) is 13.7. The van der Waals surface area contributed by atoms with Crippen LogP contribution >= 0.6 is 0 Å². The molecule has 1 unspecified atom stereocenters. The summed E-state index contributed by atoms with van der Waals surface area (Å²) in [7, 11) is 1.99. The lowest BCUT2D eigenvalue weighted by Gasteiger charge is -2.20. The van der Waals surface area contributed by atoms with Crippen LogP contribution in [-0.4, -0.2) is 18.5 Å². The van der Waals surface area contributed by atoms with Crippen LogP contribution in [0.15, 0.2) is 48.5 Å². The van der Waals surface area contributed by atoms with E-state index in [-0.39, 0.29) is 5.56 Å². The van der Waals surface area contributed by atoms with Gasteiger partial charge in [0.2, 0.25) is 0 Å². The lowest BCUT2D eigenvalue weighted by molar-refractivity contribution is 0.309. The van der Waals surface area contributed by atoms with E-state index in [1.165, 1.54) is 11.6 Å². The Bertz CT molecular complexity index is 572. The standard InChI is InChI=1S/C17H20F2N2/c1-21(12-13-6-3-2-4-7-13)11-10-16(20)14-8-5-9-15(18)17(14)19/h2-9,16H,10-12,20H2,1H3. The van der Waals surface area contributed by atoms with Crippen LogP contribution < -0.4 is 5.73 Å². The Kier molecular flexibility index (Phi) is 5.42. The molecule has 2 rings (SSSR count). The van der Waals surface area contributed by atoms with Gasteiger partial charge in [0.15, 0.2) is 11.6 Å². The maximum Gasteiger partial charge on any atom is 0.163 e. The molecule has 2 aromatic carbocycles. The SMILES string of the molecule is CN(CCC(N)c1cccc(F)c1F)Cc1ccccc1. The fourth-order valence-corrected chi connectivity index (χ4v) is 2.30. The molecular weight excluding hydrogens is 270 g/mol. The molecule has 0 radical (unpaired) electrons. The molecule has 0 spiro atoms. The van der Waals surface area contributed by atoms with Gasteiger partial charge in [-0.15, -0.1) is 0 Å². The van der Waals surface area contributed by atoms with E-state index in [1.54, 1.807) is 6.07 Å². The fraction of sp³-hybridized carbons (Fsp3) is 0.294. The van der Waals surface area contributed by atoms with Gasteiger partial charge in [-0.2, -0.15) is 0 Å². The fourth-order valence-electron chi connectivity index (χ4n) is 2.30. The Morgan fingerprint density at radius 1 is 1.05 bits per heavy atom. The molecule has 0 aromatic heterocycles. The van der Waals surface area contributed by atoms with Gasteiger partial charge >= 0.3 is 0 Å². The van der Waals surface area contributed by atoms with Gasteiger partial charge in [-0.25, -0.2) is 8.78 Å². The van der Waals surface area contributed by atoms with Crippen LogP contribution in [0.4, 0.5) is 8.78 Å². The molecule has 4 heteroatoms. The van der Waals surface area contributed by atoms with Crippen molar-refractivity contribution in [2.75, 3.05) is 13.6 Å². The third-order valence-electron chi connectivity index (χ3n) is 3.50.